The number of esters is 1. The van der Waals surface area contributed by atoms with Gasteiger partial charge in [-0.25, -0.2) is 4.79 Å². The molecule has 0 aromatic carbocycles. The molecule has 31 heavy (non-hydrogen) atoms. The Labute approximate surface area is 178 Å². The van der Waals surface area contributed by atoms with Crippen molar-refractivity contribution in [2.75, 3.05) is 0 Å². The highest BCUT2D eigenvalue weighted by atomic mass is 19.4. The third kappa shape index (κ3) is 2.37. The zero-order chi connectivity index (χ0) is 21.9. The molecule has 0 aromatic heterocycles. The molecule has 0 radical (unpaired) electrons. The summed E-state index contributed by atoms with van der Waals surface area (Å²) < 4.78 is 46.4. The molecule has 4 fully saturated rings. The highest BCUT2D eigenvalue weighted by Crippen LogP contribution is 2.68. The van der Waals surface area contributed by atoms with E-state index in [4.69, 9.17) is 4.74 Å². The van der Waals surface area contributed by atoms with Gasteiger partial charge in [-0.05, 0) is 68.8 Å². The van der Waals surface area contributed by atoms with Crippen LogP contribution >= 0.6 is 0 Å². The lowest BCUT2D eigenvalue weighted by Gasteiger charge is -2.53. The third-order valence-electron chi connectivity index (χ3n) is 9.29. The highest BCUT2D eigenvalue weighted by molar-refractivity contribution is 6.21. The number of carbonyl (C=O) groups is 3. The number of ether oxygens (including phenoxy) is 1. The molecule has 2 bridgehead atoms. The van der Waals surface area contributed by atoms with Crippen molar-refractivity contribution in [3.8, 4) is 0 Å². The van der Waals surface area contributed by atoms with Gasteiger partial charge in [0.2, 0.25) is 0 Å². The molecule has 6 aliphatic rings. The first-order chi connectivity index (χ1) is 14.6. The van der Waals surface area contributed by atoms with Crippen molar-refractivity contribution in [1.29, 1.82) is 0 Å². The number of Topliss-reactive ketones (excluding diaryl/α,β-unsaturated/α-hetero) is 1. The second-order valence-corrected chi connectivity index (χ2v) is 10.5. The van der Waals surface area contributed by atoms with Crippen LogP contribution in [-0.2, 0) is 19.1 Å². The SMILES string of the molecule is C[C@H]1CC[C@@H]2[C@@H](C[C@H]3C[C@@]24OC(=O)C2=C4[C@@H]3[C@@H]3CCCC[C@H]3C2=O)N1C(=O)C(F)(F)F. The summed E-state index contributed by atoms with van der Waals surface area (Å²) in [7, 11) is 0. The average molecular weight is 437 g/mol. The van der Waals surface area contributed by atoms with Crippen molar-refractivity contribution in [1.82, 2.24) is 4.90 Å². The average Bonchev–Trinajstić information content (AvgIpc) is 3.13. The van der Waals surface area contributed by atoms with Gasteiger partial charge in [0.1, 0.15) is 11.2 Å². The maximum absolute atomic E-state index is 13.5. The second kappa shape index (κ2) is 6.13. The van der Waals surface area contributed by atoms with Gasteiger partial charge in [-0.2, -0.15) is 13.2 Å². The largest absolute Gasteiger partial charge is 0.471 e. The molecule has 2 aliphatic heterocycles. The van der Waals surface area contributed by atoms with Crippen LogP contribution < -0.4 is 0 Å². The van der Waals surface area contributed by atoms with Gasteiger partial charge >= 0.3 is 18.1 Å². The van der Waals surface area contributed by atoms with Crippen LogP contribution in [0.5, 0.6) is 0 Å². The predicted molar refractivity (Wildman–Crippen MR) is 101 cm³/mol. The number of rotatable bonds is 0. The number of piperidine rings is 1. The Kier molecular flexibility index (Phi) is 3.92. The summed E-state index contributed by atoms with van der Waals surface area (Å²) in [6.45, 7) is 1.67. The van der Waals surface area contributed by atoms with Crippen molar-refractivity contribution in [2.45, 2.75) is 82.2 Å². The minimum Gasteiger partial charge on any atom is -0.450 e. The normalized spacial score (nSPS) is 45.8. The summed E-state index contributed by atoms with van der Waals surface area (Å²) in [6.07, 6.45) is 0.853. The summed E-state index contributed by atoms with van der Waals surface area (Å²) in [5.41, 5.74) is 0.0215. The standard InChI is InChI=1S/C23H26F3NO4/c1-10-6-7-14-15(27(10)21(30)23(24,25)26)8-11-9-22(14)18-16(11)12-4-2-3-5-13(12)19(28)17(18)20(29)31-22/h10-16H,2-9H2,1H3/t10-,11-,12+,13+,14+,15+,16-,22+/m0/s1. The van der Waals surface area contributed by atoms with E-state index in [-0.39, 0.29) is 40.9 Å². The van der Waals surface area contributed by atoms with Crippen LogP contribution in [0.1, 0.15) is 58.3 Å². The van der Waals surface area contributed by atoms with Crippen molar-refractivity contribution >= 4 is 17.7 Å². The molecule has 0 aromatic rings. The molecular formula is C23H26F3NO4. The van der Waals surface area contributed by atoms with E-state index in [0.717, 1.165) is 36.2 Å². The molecule has 0 unspecified atom stereocenters. The third-order valence-corrected chi connectivity index (χ3v) is 9.29. The van der Waals surface area contributed by atoms with Crippen LogP contribution in [-0.4, -0.2) is 46.4 Å². The molecule has 1 saturated heterocycles. The van der Waals surface area contributed by atoms with Crippen LogP contribution in [0, 0.1) is 29.6 Å². The predicted octanol–water partition coefficient (Wildman–Crippen LogP) is 3.57. The number of ketones is 1. The van der Waals surface area contributed by atoms with Crippen molar-refractivity contribution in [2.24, 2.45) is 29.6 Å². The molecule has 8 atom stereocenters. The van der Waals surface area contributed by atoms with E-state index in [2.05, 4.69) is 0 Å². The van der Waals surface area contributed by atoms with Gasteiger partial charge in [0.05, 0.1) is 0 Å². The van der Waals surface area contributed by atoms with Gasteiger partial charge < -0.3 is 9.64 Å². The Balaban J connectivity index is 1.48. The first-order valence-electron chi connectivity index (χ1n) is 11.6. The molecule has 1 spiro atoms. The Morgan fingerprint density at radius 2 is 1.87 bits per heavy atom. The molecule has 0 N–H and O–H groups in total. The molecule has 6 rings (SSSR count). The van der Waals surface area contributed by atoms with Crippen LogP contribution in [0.25, 0.3) is 0 Å². The minimum atomic E-state index is -4.93. The first-order valence-corrected chi connectivity index (χ1v) is 11.6. The smallest absolute Gasteiger partial charge is 0.450 e. The van der Waals surface area contributed by atoms with Crippen molar-refractivity contribution < 1.29 is 32.3 Å². The van der Waals surface area contributed by atoms with Gasteiger partial charge in [-0.3, -0.25) is 9.59 Å². The molecule has 3 saturated carbocycles. The molecule has 8 heteroatoms. The molecule has 4 aliphatic carbocycles. The number of fused-ring (bicyclic) bond motifs is 5. The maximum atomic E-state index is 13.5. The monoisotopic (exact) mass is 437 g/mol. The fourth-order valence-electron chi connectivity index (χ4n) is 8.40. The lowest BCUT2D eigenvalue weighted by molar-refractivity contribution is -0.201. The zero-order valence-electron chi connectivity index (χ0n) is 17.4. The number of halogens is 3. The lowest BCUT2D eigenvalue weighted by atomic mass is 9.61. The first kappa shape index (κ1) is 19.8. The van der Waals surface area contributed by atoms with E-state index in [1.165, 1.54) is 0 Å². The highest BCUT2D eigenvalue weighted by Gasteiger charge is 2.72. The number of nitrogens with zero attached hydrogens (tertiary/aromatic N) is 1. The summed E-state index contributed by atoms with van der Waals surface area (Å²) in [6, 6.07) is -1.13. The lowest BCUT2D eigenvalue weighted by Crippen LogP contribution is -2.63. The van der Waals surface area contributed by atoms with Crippen LogP contribution in [0.2, 0.25) is 0 Å². The van der Waals surface area contributed by atoms with Gasteiger partial charge in [0, 0.05) is 23.9 Å². The molecular weight excluding hydrogens is 411 g/mol. The zero-order valence-corrected chi connectivity index (χ0v) is 17.4. The summed E-state index contributed by atoms with van der Waals surface area (Å²) in [5, 5.41) is 0. The fraction of sp³-hybridized carbons (Fsp3) is 0.783. The molecule has 2 heterocycles. The summed E-state index contributed by atoms with van der Waals surface area (Å²) in [5.74, 6) is -2.81. The Morgan fingerprint density at radius 3 is 2.61 bits per heavy atom. The summed E-state index contributed by atoms with van der Waals surface area (Å²) >= 11 is 0. The van der Waals surface area contributed by atoms with Crippen molar-refractivity contribution in [3.05, 3.63) is 11.1 Å². The fourth-order valence-corrected chi connectivity index (χ4v) is 8.40. The summed E-state index contributed by atoms with van der Waals surface area (Å²) in [4.78, 5) is 39.7. The van der Waals surface area contributed by atoms with Gasteiger partial charge in [-0.1, -0.05) is 12.8 Å². The number of alkyl halides is 3. The van der Waals surface area contributed by atoms with E-state index in [1.807, 2.05) is 0 Å². The Bertz CT molecular complexity index is 926. The minimum absolute atomic E-state index is 0.0215. The van der Waals surface area contributed by atoms with Crippen LogP contribution in [0.15, 0.2) is 11.1 Å². The number of hydrogen-bond donors (Lipinski definition) is 0. The Hall–Kier alpha value is -1.86. The molecule has 168 valence electrons. The number of amides is 1. The number of carbonyl (C=O) groups excluding carboxylic acids is 3. The van der Waals surface area contributed by atoms with Gasteiger partial charge in [0.25, 0.3) is 0 Å². The topological polar surface area (TPSA) is 63.7 Å². The van der Waals surface area contributed by atoms with E-state index in [0.29, 0.717) is 25.7 Å². The van der Waals surface area contributed by atoms with Gasteiger partial charge in [-0.15, -0.1) is 0 Å². The van der Waals surface area contributed by atoms with Crippen molar-refractivity contribution in [3.63, 3.8) is 0 Å². The van der Waals surface area contributed by atoms with E-state index >= 15 is 0 Å². The second-order valence-electron chi connectivity index (χ2n) is 10.5. The molecule has 1 amide bonds. The van der Waals surface area contributed by atoms with E-state index < -0.39 is 35.7 Å². The molecule has 5 nitrogen and oxygen atoms in total. The van der Waals surface area contributed by atoms with Crippen LogP contribution in [0.4, 0.5) is 13.2 Å². The number of hydrogen-bond acceptors (Lipinski definition) is 4. The maximum Gasteiger partial charge on any atom is 0.471 e. The van der Waals surface area contributed by atoms with Gasteiger partial charge in [0.15, 0.2) is 5.78 Å². The Morgan fingerprint density at radius 1 is 1.13 bits per heavy atom. The number of likely N-dealkylation sites (tertiary alicyclic amines) is 1. The quantitative estimate of drug-likeness (QED) is 0.429. The van der Waals surface area contributed by atoms with E-state index in [9.17, 15) is 27.6 Å². The van der Waals surface area contributed by atoms with E-state index in [1.54, 1.807) is 6.92 Å². The van der Waals surface area contributed by atoms with Crippen LogP contribution in [0.3, 0.4) is 0 Å².